The highest BCUT2D eigenvalue weighted by Crippen LogP contribution is 2.19. The second-order valence-electron chi connectivity index (χ2n) is 6.06. The first-order chi connectivity index (χ1) is 12.0. The molecule has 25 heavy (non-hydrogen) atoms. The van der Waals surface area contributed by atoms with E-state index in [0.717, 1.165) is 28.1 Å². The molecule has 0 saturated heterocycles. The van der Waals surface area contributed by atoms with Crippen molar-refractivity contribution >= 4 is 23.1 Å². The number of hydrogen-bond acceptors (Lipinski definition) is 4. The fourth-order valence-corrected chi connectivity index (χ4v) is 2.64. The van der Waals surface area contributed by atoms with Crippen LogP contribution in [0.4, 0.5) is 17.2 Å². The van der Waals surface area contributed by atoms with Crippen molar-refractivity contribution in [1.82, 2.24) is 9.97 Å². The average molecular weight is 332 g/mol. The molecule has 0 aliphatic rings. The summed E-state index contributed by atoms with van der Waals surface area (Å²) >= 11 is 0. The highest BCUT2D eigenvalue weighted by atomic mass is 16.1. The van der Waals surface area contributed by atoms with E-state index in [1.54, 1.807) is 6.07 Å². The molecule has 3 aromatic rings. The van der Waals surface area contributed by atoms with Crippen LogP contribution in [-0.2, 0) is 0 Å². The SMILES string of the molecule is Cc1cc(C)cc(Nc2cc(C(=O)Nc3ccccc3C)ncn2)c1. The first kappa shape index (κ1) is 16.6. The van der Waals surface area contributed by atoms with E-state index in [1.165, 1.54) is 6.33 Å². The fraction of sp³-hybridized carbons (Fsp3) is 0.150. The maximum atomic E-state index is 12.5. The minimum Gasteiger partial charge on any atom is -0.340 e. The van der Waals surface area contributed by atoms with Crippen molar-refractivity contribution in [3.8, 4) is 0 Å². The molecule has 1 amide bonds. The molecule has 0 bridgehead atoms. The van der Waals surface area contributed by atoms with E-state index in [-0.39, 0.29) is 5.91 Å². The molecule has 1 aromatic heterocycles. The monoisotopic (exact) mass is 332 g/mol. The number of aromatic nitrogens is 2. The van der Waals surface area contributed by atoms with Crippen molar-refractivity contribution in [2.45, 2.75) is 20.8 Å². The van der Waals surface area contributed by atoms with Crippen LogP contribution in [-0.4, -0.2) is 15.9 Å². The molecule has 0 unspecified atom stereocenters. The first-order valence-corrected chi connectivity index (χ1v) is 8.05. The summed E-state index contributed by atoms with van der Waals surface area (Å²) in [6.07, 6.45) is 1.39. The molecule has 0 radical (unpaired) electrons. The molecule has 0 spiro atoms. The van der Waals surface area contributed by atoms with Crippen LogP contribution in [0, 0.1) is 20.8 Å². The molecular weight excluding hydrogens is 312 g/mol. The highest BCUT2D eigenvalue weighted by Gasteiger charge is 2.10. The van der Waals surface area contributed by atoms with E-state index in [2.05, 4.69) is 26.7 Å². The van der Waals surface area contributed by atoms with Gasteiger partial charge in [0.15, 0.2) is 0 Å². The molecule has 5 nitrogen and oxygen atoms in total. The van der Waals surface area contributed by atoms with Crippen LogP contribution in [0.1, 0.15) is 27.2 Å². The zero-order chi connectivity index (χ0) is 17.8. The van der Waals surface area contributed by atoms with Crippen molar-refractivity contribution in [3.05, 3.63) is 77.2 Å². The van der Waals surface area contributed by atoms with Gasteiger partial charge in [-0.1, -0.05) is 24.3 Å². The van der Waals surface area contributed by atoms with Crippen LogP contribution in [0.25, 0.3) is 0 Å². The number of nitrogens with one attached hydrogen (secondary N) is 2. The van der Waals surface area contributed by atoms with Crippen LogP contribution in [0.2, 0.25) is 0 Å². The fourth-order valence-electron chi connectivity index (χ4n) is 2.64. The van der Waals surface area contributed by atoms with Gasteiger partial charge in [-0.05, 0) is 55.7 Å². The van der Waals surface area contributed by atoms with Crippen LogP contribution >= 0.6 is 0 Å². The predicted molar refractivity (Wildman–Crippen MR) is 100 cm³/mol. The number of hydrogen-bond donors (Lipinski definition) is 2. The van der Waals surface area contributed by atoms with Crippen molar-refractivity contribution in [3.63, 3.8) is 0 Å². The summed E-state index contributed by atoms with van der Waals surface area (Å²) in [6, 6.07) is 15.4. The van der Waals surface area contributed by atoms with Crippen molar-refractivity contribution in [1.29, 1.82) is 0 Å². The van der Waals surface area contributed by atoms with E-state index < -0.39 is 0 Å². The zero-order valence-electron chi connectivity index (χ0n) is 14.5. The molecule has 0 aliphatic heterocycles. The molecular formula is C20H20N4O. The van der Waals surface area contributed by atoms with Crippen LogP contribution < -0.4 is 10.6 Å². The Morgan fingerprint density at radius 1 is 0.920 bits per heavy atom. The Bertz CT molecular complexity index is 901. The standard InChI is InChI=1S/C20H20N4O/c1-13-8-14(2)10-16(9-13)23-19-11-18(21-12-22-19)20(25)24-17-7-5-4-6-15(17)3/h4-12H,1-3H3,(H,24,25)(H,21,22,23). The smallest absolute Gasteiger partial charge is 0.274 e. The summed E-state index contributed by atoms with van der Waals surface area (Å²) in [5.41, 5.74) is 5.34. The van der Waals surface area contributed by atoms with Gasteiger partial charge in [-0.3, -0.25) is 4.79 Å². The predicted octanol–water partition coefficient (Wildman–Crippen LogP) is 4.40. The molecule has 0 saturated carbocycles. The molecule has 1 heterocycles. The Labute approximate surface area is 147 Å². The Balaban J connectivity index is 1.79. The van der Waals surface area contributed by atoms with Gasteiger partial charge in [0.25, 0.3) is 5.91 Å². The number of para-hydroxylation sites is 1. The van der Waals surface area contributed by atoms with Gasteiger partial charge in [-0.15, -0.1) is 0 Å². The van der Waals surface area contributed by atoms with Crippen molar-refractivity contribution < 1.29 is 4.79 Å². The maximum Gasteiger partial charge on any atom is 0.274 e. The van der Waals surface area contributed by atoms with Gasteiger partial charge in [0, 0.05) is 17.4 Å². The second kappa shape index (κ2) is 7.13. The van der Waals surface area contributed by atoms with Gasteiger partial charge in [0.2, 0.25) is 0 Å². The minimum absolute atomic E-state index is 0.264. The van der Waals surface area contributed by atoms with Gasteiger partial charge >= 0.3 is 0 Å². The van der Waals surface area contributed by atoms with E-state index in [9.17, 15) is 4.79 Å². The molecule has 2 N–H and O–H groups in total. The molecule has 3 rings (SSSR count). The lowest BCUT2D eigenvalue weighted by Crippen LogP contribution is -2.15. The van der Waals surface area contributed by atoms with E-state index >= 15 is 0 Å². The molecule has 0 aliphatic carbocycles. The quantitative estimate of drug-likeness (QED) is 0.743. The average Bonchev–Trinajstić information content (AvgIpc) is 2.56. The third kappa shape index (κ3) is 4.20. The van der Waals surface area contributed by atoms with Crippen molar-refractivity contribution in [2.75, 3.05) is 10.6 Å². The largest absolute Gasteiger partial charge is 0.340 e. The summed E-state index contributed by atoms with van der Waals surface area (Å²) in [5, 5.41) is 6.10. The molecule has 126 valence electrons. The topological polar surface area (TPSA) is 66.9 Å². The molecule has 0 atom stereocenters. The number of aryl methyl sites for hydroxylation is 3. The van der Waals surface area contributed by atoms with Gasteiger partial charge in [0.1, 0.15) is 17.8 Å². The summed E-state index contributed by atoms with van der Waals surface area (Å²) in [5.74, 6) is 0.315. The zero-order valence-corrected chi connectivity index (χ0v) is 14.5. The number of amides is 1. The van der Waals surface area contributed by atoms with Crippen molar-refractivity contribution in [2.24, 2.45) is 0 Å². The Hall–Kier alpha value is -3.21. The third-order valence-corrected chi connectivity index (χ3v) is 3.79. The lowest BCUT2D eigenvalue weighted by molar-refractivity contribution is 0.102. The van der Waals surface area contributed by atoms with E-state index in [1.807, 2.05) is 57.2 Å². The minimum atomic E-state index is -0.264. The molecule has 0 fully saturated rings. The van der Waals surface area contributed by atoms with Gasteiger partial charge in [0.05, 0.1) is 0 Å². The number of rotatable bonds is 4. The first-order valence-electron chi connectivity index (χ1n) is 8.05. The number of carbonyl (C=O) groups excluding carboxylic acids is 1. The summed E-state index contributed by atoms with van der Waals surface area (Å²) < 4.78 is 0. The molecule has 5 heteroatoms. The Morgan fingerprint density at radius 3 is 2.36 bits per heavy atom. The Kier molecular flexibility index (Phi) is 4.75. The van der Waals surface area contributed by atoms with Gasteiger partial charge in [-0.25, -0.2) is 9.97 Å². The lowest BCUT2D eigenvalue weighted by Gasteiger charge is -2.10. The summed E-state index contributed by atoms with van der Waals surface area (Å²) in [6.45, 7) is 6.03. The van der Waals surface area contributed by atoms with E-state index in [4.69, 9.17) is 0 Å². The van der Waals surface area contributed by atoms with Crippen LogP contribution in [0.5, 0.6) is 0 Å². The third-order valence-electron chi connectivity index (χ3n) is 3.79. The number of nitrogens with zero attached hydrogens (tertiary/aromatic N) is 2. The van der Waals surface area contributed by atoms with Gasteiger partial charge < -0.3 is 10.6 Å². The summed E-state index contributed by atoms with van der Waals surface area (Å²) in [4.78, 5) is 20.7. The van der Waals surface area contributed by atoms with Crippen LogP contribution in [0.3, 0.4) is 0 Å². The molecule has 2 aromatic carbocycles. The summed E-state index contributed by atoms with van der Waals surface area (Å²) in [7, 11) is 0. The number of carbonyl (C=O) groups is 1. The number of benzene rings is 2. The second-order valence-corrected chi connectivity index (χ2v) is 6.06. The maximum absolute atomic E-state index is 12.5. The lowest BCUT2D eigenvalue weighted by atomic mass is 10.1. The number of anilines is 3. The normalized spacial score (nSPS) is 10.4. The van der Waals surface area contributed by atoms with Gasteiger partial charge in [-0.2, -0.15) is 0 Å². The van der Waals surface area contributed by atoms with E-state index in [0.29, 0.717) is 11.5 Å². The Morgan fingerprint density at radius 2 is 1.64 bits per heavy atom. The van der Waals surface area contributed by atoms with Crippen LogP contribution in [0.15, 0.2) is 54.9 Å². The highest BCUT2D eigenvalue weighted by molar-refractivity contribution is 6.03.